The molecule has 2 heterocycles. The Bertz CT molecular complexity index is 1730. The molecule has 4 aromatic rings. The van der Waals surface area contributed by atoms with Crippen LogP contribution in [0.3, 0.4) is 0 Å². The van der Waals surface area contributed by atoms with E-state index in [4.69, 9.17) is 28.1 Å². The van der Waals surface area contributed by atoms with E-state index in [-0.39, 0.29) is 47.1 Å². The third-order valence-electron chi connectivity index (χ3n) is 6.56. The zero-order valence-electron chi connectivity index (χ0n) is 23.5. The summed E-state index contributed by atoms with van der Waals surface area (Å²) in [6.07, 6.45) is 1.58. The van der Waals surface area contributed by atoms with Gasteiger partial charge in [-0.15, -0.1) is 0 Å². The maximum absolute atomic E-state index is 13.5. The maximum Gasteiger partial charge on any atom is 0.336 e. The fraction of sp³-hybridized carbons (Fsp3) is 0.219. The average Bonchev–Trinajstić information content (AvgIpc) is 3.02. The lowest BCUT2D eigenvalue weighted by Gasteiger charge is -2.16. The van der Waals surface area contributed by atoms with Crippen LogP contribution < -0.4 is 34.4 Å². The minimum absolute atomic E-state index is 0.0218. The zero-order chi connectivity index (χ0) is 30.3. The van der Waals surface area contributed by atoms with Gasteiger partial charge in [-0.25, -0.2) is 9.59 Å². The van der Waals surface area contributed by atoms with Crippen molar-refractivity contribution in [3.8, 4) is 40.1 Å². The Hall–Kier alpha value is -5.13. The van der Waals surface area contributed by atoms with E-state index in [1.54, 1.807) is 44.6 Å². The molecule has 1 atom stereocenters. The second kappa shape index (κ2) is 13.2. The van der Waals surface area contributed by atoms with Crippen LogP contribution in [0.15, 0.2) is 82.0 Å². The van der Waals surface area contributed by atoms with E-state index in [9.17, 15) is 19.5 Å². The second-order valence-electron chi connectivity index (χ2n) is 9.53. The molecule has 2 N–H and O–H groups in total. The Morgan fingerprint density at radius 3 is 2.37 bits per heavy atom. The van der Waals surface area contributed by atoms with E-state index in [0.717, 1.165) is 17.7 Å². The Kier molecular flexibility index (Phi) is 9.04. The van der Waals surface area contributed by atoms with Crippen LogP contribution in [0.2, 0.25) is 0 Å². The summed E-state index contributed by atoms with van der Waals surface area (Å²) in [6.45, 7) is 0.736. The van der Waals surface area contributed by atoms with Gasteiger partial charge in [-0.3, -0.25) is 4.79 Å². The first-order valence-corrected chi connectivity index (χ1v) is 13.4. The van der Waals surface area contributed by atoms with Crippen molar-refractivity contribution in [1.82, 2.24) is 5.32 Å². The molecule has 0 aliphatic carbocycles. The fourth-order valence-corrected chi connectivity index (χ4v) is 4.48. The zero-order valence-corrected chi connectivity index (χ0v) is 23.5. The normalized spacial score (nSPS) is 14.1. The summed E-state index contributed by atoms with van der Waals surface area (Å²) in [5, 5.41) is 13.6. The topological polar surface area (TPSA) is 143 Å². The van der Waals surface area contributed by atoms with E-state index in [1.807, 2.05) is 18.2 Å². The van der Waals surface area contributed by atoms with E-state index in [2.05, 4.69) is 5.32 Å². The van der Waals surface area contributed by atoms with Crippen LogP contribution in [0.4, 0.5) is 0 Å². The number of aliphatic hydroxyl groups excluding tert-OH is 1. The first kappa shape index (κ1) is 29.4. The standard InChI is InChI=1S/C32H29NO10/c1-38-23-9-8-19(14-24(23)39-2)12-13-33-17-21(34)18-40-22-15-25-29-26(16-22)42-31(20-6-4-3-5-7-20)32(30(29)37)43-28(36)11-10-27(35)41-25/h3-11,14-16,21,33-34H,12-13,17-18H2,1-2H3/b11-10-. The molecule has 1 aliphatic rings. The summed E-state index contributed by atoms with van der Waals surface area (Å²) >= 11 is 0. The molecule has 0 fully saturated rings. The van der Waals surface area contributed by atoms with Gasteiger partial charge in [-0.1, -0.05) is 36.4 Å². The summed E-state index contributed by atoms with van der Waals surface area (Å²) in [7, 11) is 3.16. The van der Waals surface area contributed by atoms with Crippen LogP contribution in [0, 0.1) is 0 Å². The number of carbonyl (C=O) groups excluding carboxylic acids is 2. The van der Waals surface area contributed by atoms with Crippen LogP contribution >= 0.6 is 0 Å². The van der Waals surface area contributed by atoms with Crippen molar-refractivity contribution in [2.24, 2.45) is 0 Å². The number of hydrogen-bond donors (Lipinski definition) is 2. The Morgan fingerprint density at radius 2 is 1.63 bits per heavy atom. The summed E-state index contributed by atoms with van der Waals surface area (Å²) < 4.78 is 33.1. The lowest BCUT2D eigenvalue weighted by atomic mass is 10.1. The average molecular weight is 588 g/mol. The molecular formula is C32H29NO10. The number of aliphatic hydroxyl groups is 1. The van der Waals surface area contributed by atoms with Crippen molar-refractivity contribution >= 4 is 22.9 Å². The Balaban J connectivity index is 1.32. The van der Waals surface area contributed by atoms with Gasteiger partial charge in [0.1, 0.15) is 35.2 Å². The summed E-state index contributed by atoms with van der Waals surface area (Å²) in [5.74, 6) is -0.808. The Morgan fingerprint density at radius 1 is 0.884 bits per heavy atom. The highest BCUT2D eigenvalue weighted by molar-refractivity contribution is 5.98. The number of carbonyl (C=O) groups is 2. The van der Waals surface area contributed by atoms with Gasteiger partial charge in [0, 0.05) is 36.4 Å². The number of nitrogens with one attached hydrogen (secondary N) is 1. The fourth-order valence-electron chi connectivity index (χ4n) is 4.48. The highest BCUT2D eigenvalue weighted by Crippen LogP contribution is 2.37. The largest absolute Gasteiger partial charge is 0.493 e. The molecule has 2 bridgehead atoms. The summed E-state index contributed by atoms with van der Waals surface area (Å²) in [6, 6.07) is 17.1. The van der Waals surface area contributed by atoms with Crippen molar-refractivity contribution in [3.63, 3.8) is 0 Å². The molecule has 11 heteroatoms. The first-order valence-electron chi connectivity index (χ1n) is 13.4. The summed E-state index contributed by atoms with van der Waals surface area (Å²) in [5.41, 5.74) is 0.871. The molecule has 3 aromatic carbocycles. The SMILES string of the molecule is COc1ccc(CCNCC(O)COc2cc3c4c(=O)c(c(-c5ccccc5)oc4c2)OC(=O)/C=C\C(=O)O3)cc1OC. The van der Waals surface area contributed by atoms with Crippen molar-refractivity contribution in [2.75, 3.05) is 33.9 Å². The van der Waals surface area contributed by atoms with Crippen LogP contribution in [-0.4, -0.2) is 57.1 Å². The number of methoxy groups -OCH3 is 2. The molecule has 0 spiro atoms. The van der Waals surface area contributed by atoms with E-state index >= 15 is 0 Å². The molecule has 43 heavy (non-hydrogen) atoms. The monoisotopic (exact) mass is 587 g/mol. The molecule has 0 saturated heterocycles. The predicted molar refractivity (Wildman–Crippen MR) is 156 cm³/mol. The molecule has 222 valence electrons. The van der Waals surface area contributed by atoms with Crippen molar-refractivity contribution < 1.29 is 42.8 Å². The molecular weight excluding hydrogens is 558 g/mol. The van der Waals surface area contributed by atoms with Gasteiger partial charge in [-0.05, 0) is 30.7 Å². The highest BCUT2D eigenvalue weighted by Gasteiger charge is 2.25. The molecule has 0 amide bonds. The van der Waals surface area contributed by atoms with Crippen LogP contribution in [0.25, 0.3) is 22.3 Å². The molecule has 5 rings (SSSR count). The minimum atomic E-state index is -0.935. The van der Waals surface area contributed by atoms with Gasteiger partial charge in [0.05, 0.1) is 14.2 Å². The Labute approximate surface area is 246 Å². The van der Waals surface area contributed by atoms with Crippen LogP contribution in [0.1, 0.15) is 5.56 Å². The van der Waals surface area contributed by atoms with E-state index in [1.165, 1.54) is 12.1 Å². The lowest BCUT2D eigenvalue weighted by Crippen LogP contribution is -2.32. The number of rotatable bonds is 11. The van der Waals surface area contributed by atoms with Gasteiger partial charge in [0.2, 0.25) is 11.2 Å². The third kappa shape index (κ3) is 6.85. The smallest absolute Gasteiger partial charge is 0.336 e. The predicted octanol–water partition coefficient (Wildman–Crippen LogP) is 3.43. The molecule has 1 aliphatic heterocycles. The van der Waals surface area contributed by atoms with Crippen LogP contribution in [-0.2, 0) is 16.0 Å². The maximum atomic E-state index is 13.5. The molecule has 0 saturated carbocycles. The first-order chi connectivity index (χ1) is 20.9. The molecule has 1 aromatic heterocycles. The lowest BCUT2D eigenvalue weighted by molar-refractivity contribution is -0.131. The minimum Gasteiger partial charge on any atom is -0.493 e. The molecule has 11 nitrogen and oxygen atoms in total. The van der Waals surface area contributed by atoms with Crippen LogP contribution in [0.5, 0.6) is 28.7 Å². The molecule has 0 radical (unpaired) electrons. The number of ether oxygens (including phenoxy) is 5. The van der Waals surface area contributed by atoms with Gasteiger partial charge in [-0.2, -0.15) is 0 Å². The second-order valence-corrected chi connectivity index (χ2v) is 9.53. The third-order valence-corrected chi connectivity index (χ3v) is 6.56. The summed E-state index contributed by atoms with van der Waals surface area (Å²) in [4.78, 5) is 38.1. The number of esters is 2. The highest BCUT2D eigenvalue weighted by atomic mass is 16.6. The number of fused-ring (bicyclic) bond motifs is 1. The number of hydrogen-bond acceptors (Lipinski definition) is 11. The number of benzene rings is 3. The van der Waals surface area contributed by atoms with Crippen molar-refractivity contribution in [2.45, 2.75) is 12.5 Å². The van der Waals surface area contributed by atoms with Gasteiger partial charge >= 0.3 is 11.9 Å². The van der Waals surface area contributed by atoms with Gasteiger partial charge < -0.3 is 38.5 Å². The van der Waals surface area contributed by atoms with E-state index in [0.29, 0.717) is 30.0 Å². The van der Waals surface area contributed by atoms with Crippen molar-refractivity contribution in [3.05, 3.63) is 88.6 Å². The van der Waals surface area contributed by atoms with Crippen molar-refractivity contribution in [1.29, 1.82) is 0 Å². The molecule has 1 unspecified atom stereocenters. The van der Waals surface area contributed by atoms with Gasteiger partial charge in [0.15, 0.2) is 17.3 Å². The van der Waals surface area contributed by atoms with Gasteiger partial charge in [0.25, 0.3) is 0 Å². The quantitative estimate of drug-likeness (QED) is 0.151. The van der Waals surface area contributed by atoms with E-state index < -0.39 is 23.5 Å².